The fourth-order valence-corrected chi connectivity index (χ4v) is 3.64. The van der Waals surface area contributed by atoms with Crippen molar-refractivity contribution in [2.75, 3.05) is 12.0 Å². The van der Waals surface area contributed by atoms with Crippen molar-refractivity contribution in [3.63, 3.8) is 0 Å². The van der Waals surface area contributed by atoms with Gasteiger partial charge in [0.05, 0.1) is 12.8 Å². The number of rotatable bonds is 5. The Balaban J connectivity index is 1.34. The van der Waals surface area contributed by atoms with Crippen LogP contribution in [0, 0.1) is 0 Å². The molecule has 0 N–H and O–H groups in total. The van der Waals surface area contributed by atoms with Crippen LogP contribution in [0.15, 0.2) is 63.4 Å². The second-order valence-electron chi connectivity index (χ2n) is 6.92. The number of carbonyl (C=O) groups excluding carboxylic acids is 2. The van der Waals surface area contributed by atoms with Crippen LogP contribution in [-0.2, 0) is 16.1 Å². The average molecular weight is 439 g/mol. The van der Waals surface area contributed by atoms with Gasteiger partial charge in [0.25, 0.3) is 11.8 Å². The van der Waals surface area contributed by atoms with E-state index in [0.29, 0.717) is 22.3 Å². The minimum Gasteiger partial charge on any atom is -0.497 e. The maximum atomic E-state index is 13.0. The van der Waals surface area contributed by atoms with Crippen LogP contribution in [-0.4, -0.2) is 46.2 Å². The minimum absolute atomic E-state index is 0.0424. The molecule has 2 aliphatic heterocycles. The zero-order valence-electron chi connectivity index (χ0n) is 16.2. The number of amides is 2. The van der Waals surface area contributed by atoms with Gasteiger partial charge in [-0.05, 0) is 48.5 Å². The largest absolute Gasteiger partial charge is 0.497 e. The predicted octanol–water partition coefficient (Wildman–Crippen LogP) is 2.89. The Kier molecular flexibility index (Phi) is 4.63. The van der Waals surface area contributed by atoms with Crippen molar-refractivity contribution in [2.24, 2.45) is 10.3 Å². The van der Waals surface area contributed by atoms with Crippen molar-refractivity contribution < 1.29 is 18.8 Å². The van der Waals surface area contributed by atoms with Crippen LogP contribution in [0.25, 0.3) is 11.4 Å². The smallest absolute Gasteiger partial charge is 0.263 e. The quantitative estimate of drug-likeness (QED) is 0.562. The normalized spacial score (nSPS) is 19.9. The summed E-state index contributed by atoms with van der Waals surface area (Å²) in [6.07, 6.45) is 0. The molecule has 2 atom stereocenters. The number of anilines is 1. The molecule has 10 nitrogen and oxygen atoms in total. The maximum absolute atomic E-state index is 13.0. The van der Waals surface area contributed by atoms with Crippen LogP contribution in [0.3, 0.4) is 0 Å². The molecule has 3 aromatic rings. The number of hydrogen-bond acceptors (Lipinski definition) is 9. The summed E-state index contributed by atoms with van der Waals surface area (Å²) in [6.45, 7) is 0.0424. The lowest BCUT2D eigenvalue weighted by atomic mass is 10.1. The maximum Gasteiger partial charge on any atom is 0.263 e. The van der Waals surface area contributed by atoms with Crippen molar-refractivity contribution in [2.45, 2.75) is 18.6 Å². The number of ether oxygens (including phenoxy) is 1. The Morgan fingerprint density at radius 2 is 1.81 bits per heavy atom. The molecule has 1 saturated heterocycles. The van der Waals surface area contributed by atoms with E-state index in [9.17, 15) is 9.59 Å². The van der Waals surface area contributed by atoms with E-state index in [1.807, 2.05) is 0 Å². The van der Waals surface area contributed by atoms with Crippen molar-refractivity contribution in [3.8, 4) is 17.1 Å². The Bertz CT molecular complexity index is 1180. The minimum atomic E-state index is -0.909. The fourth-order valence-electron chi connectivity index (χ4n) is 3.51. The van der Waals surface area contributed by atoms with Crippen LogP contribution < -0.4 is 9.64 Å². The molecular formula is C20H15ClN6O4. The van der Waals surface area contributed by atoms with E-state index in [0.717, 1.165) is 10.5 Å². The van der Waals surface area contributed by atoms with Crippen LogP contribution in [0.1, 0.15) is 5.89 Å². The van der Waals surface area contributed by atoms with E-state index in [4.69, 9.17) is 20.9 Å². The van der Waals surface area contributed by atoms with Crippen molar-refractivity contribution >= 4 is 29.1 Å². The number of benzene rings is 2. The Labute approximate surface area is 181 Å². The van der Waals surface area contributed by atoms with E-state index in [1.54, 1.807) is 55.6 Å². The zero-order chi connectivity index (χ0) is 21.5. The van der Waals surface area contributed by atoms with Crippen molar-refractivity contribution in [1.82, 2.24) is 15.1 Å². The van der Waals surface area contributed by atoms with E-state index in [2.05, 4.69) is 20.5 Å². The molecule has 3 heterocycles. The van der Waals surface area contributed by atoms with Gasteiger partial charge in [-0.25, -0.2) is 4.90 Å². The molecule has 0 spiro atoms. The molecule has 5 rings (SSSR count). The molecule has 2 amide bonds. The monoisotopic (exact) mass is 438 g/mol. The lowest BCUT2D eigenvalue weighted by Gasteiger charge is -2.19. The van der Waals surface area contributed by atoms with E-state index >= 15 is 0 Å². The molecule has 11 heteroatoms. The zero-order valence-corrected chi connectivity index (χ0v) is 16.9. The van der Waals surface area contributed by atoms with E-state index in [1.165, 1.54) is 5.01 Å². The average Bonchev–Trinajstić information content (AvgIpc) is 3.47. The number of hydrogen-bond donors (Lipinski definition) is 0. The molecule has 1 fully saturated rings. The third-order valence-electron chi connectivity index (χ3n) is 5.06. The van der Waals surface area contributed by atoms with Gasteiger partial charge >= 0.3 is 0 Å². The first-order chi connectivity index (χ1) is 15.0. The van der Waals surface area contributed by atoms with Crippen LogP contribution >= 0.6 is 11.6 Å². The Morgan fingerprint density at radius 3 is 2.52 bits per heavy atom. The summed E-state index contributed by atoms with van der Waals surface area (Å²) in [5.74, 6) is 0.402. The van der Waals surface area contributed by atoms with Gasteiger partial charge in [0, 0.05) is 10.6 Å². The van der Waals surface area contributed by atoms with Gasteiger partial charge < -0.3 is 9.26 Å². The van der Waals surface area contributed by atoms with Gasteiger partial charge in [-0.15, -0.1) is 0 Å². The molecule has 0 aliphatic carbocycles. The van der Waals surface area contributed by atoms with Gasteiger partial charge in [-0.2, -0.15) is 10.1 Å². The molecule has 31 heavy (non-hydrogen) atoms. The lowest BCUT2D eigenvalue weighted by molar-refractivity contribution is -0.123. The fraction of sp³-hybridized carbons (Fsp3) is 0.200. The van der Waals surface area contributed by atoms with Gasteiger partial charge in [0.15, 0.2) is 12.1 Å². The summed E-state index contributed by atoms with van der Waals surface area (Å²) < 4.78 is 10.4. The van der Waals surface area contributed by atoms with Crippen LogP contribution in [0.4, 0.5) is 5.69 Å². The summed E-state index contributed by atoms with van der Waals surface area (Å²) >= 11 is 5.90. The SMILES string of the molecule is COc1ccc(N2C(=O)[C@H]3N=NN(Cc4nc(-c5ccc(Cl)cc5)no4)[C@H]3C2=O)cc1. The molecule has 0 radical (unpaired) electrons. The highest BCUT2D eigenvalue weighted by molar-refractivity contribution is 6.30. The topological polar surface area (TPSA) is 113 Å². The van der Waals surface area contributed by atoms with Gasteiger partial charge in [-0.3, -0.25) is 14.6 Å². The summed E-state index contributed by atoms with van der Waals surface area (Å²) in [5.41, 5.74) is 1.18. The van der Waals surface area contributed by atoms with E-state index in [-0.39, 0.29) is 12.4 Å². The molecule has 156 valence electrons. The second-order valence-corrected chi connectivity index (χ2v) is 7.36. The Morgan fingerprint density at radius 1 is 1.06 bits per heavy atom. The van der Waals surface area contributed by atoms with Crippen molar-refractivity contribution in [1.29, 1.82) is 0 Å². The van der Waals surface area contributed by atoms with E-state index < -0.39 is 23.9 Å². The first-order valence-electron chi connectivity index (χ1n) is 9.33. The predicted molar refractivity (Wildman–Crippen MR) is 108 cm³/mol. The lowest BCUT2D eigenvalue weighted by Crippen LogP contribution is -2.39. The van der Waals surface area contributed by atoms with Crippen LogP contribution in [0.5, 0.6) is 5.75 Å². The summed E-state index contributed by atoms with van der Waals surface area (Å²) in [7, 11) is 1.54. The molecule has 0 unspecified atom stereocenters. The first-order valence-corrected chi connectivity index (χ1v) is 9.71. The number of fused-ring (bicyclic) bond motifs is 1. The standard InChI is InChI=1S/C20H15ClN6O4/c1-30-14-8-6-13(7-9-14)27-19(28)16-17(20(27)29)26(25-23-16)10-15-22-18(24-31-15)11-2-4-12(21)5-3-11/h2-9,16-17H,10H2,1H3/t16-,17+/m0/s1. The first kappa shape index (κ1) is 19.2. The molecule has 1 aromatic heterocycles. The molecule has 2 aromatic carbocycles. The summed E-state index contributed by atoms with van der Waals surface area (Å²) in [6, 6.07) is 11.9. The van der Waals surface area contributed by atoms with Crippen molar-refractivity contribution in [3.05, 3.63) is 59.4 Å². The molecular weight excluding hydrogens is 424 g/mol. The third-order valence-corrected chi connectivity index (χ3v) is 5.31. The molecule has 0 bridgehead atoms. The highest BCUT2D eigenvalue weighted by atomic mass is 35.5. The molecule has 0 saturated carbocycles. The van der Waals surface area contributed by atoms with Gasteiger partial charge in [0.2, 0.25) is 11.7 Å². The third kappa shape index (κ3) is 3.30. The Hall–Kier alpha value is -3.79. The summed E-state index contributed by atoms with van der Waals surface area (Å²) in [4.78, 5) is 31.3. The second kappa shape index (κ2) is 7.47. The highest BCUT2D eigenvalue weighted by Gasteiger charge is 2.55. The van der Waals surface area contributed by atoms with Crippen LogP contribution in [0.2, 0.25) is 5.02 Å². The molecule has 2 aliphatic rings. The van der Waals surface area contributed by atoms with Gasteiger partial charge in [0.1, 0.15) is 12.3 Å². The number of halogens is 1. The number of methoxy groups -OCH3 is 1. The number of carbonyl (C=O) groups is 2. The number of aromatic nitrogens is 2. The number of imide groups is 1. The van der Waals surface area contributed by atoms with Gasteiger partial charge in [-0.1, -0.05) is 22.0 Å². The summed E-state index contributed by atoms with van der Waals surface area (Å²) in [5, 5.41) is 13.9. The highest BCUT2D eigenvalue weighted by Crippen LogP contribution is 2.33. The number of nitrogens with zero attached hydrogens (tertiary/aromatic N) is 6.